The van der Waals surface area contributed by atoms with E-state index in [4.69, 9.17) is 11.6 Å². The Labute approximate surface area is 128 Å². The first-order chi connectivity index (χ1) is 10.3. The first kappa shape index (κ1) is 12.7. The van der Waals surface area contributed by atoms with Crippen LogP contribution in [0.1, 0.15) is 35.7 Å². The van der Waals surface area contributed by atoms with Crippen LogP contribution in [0.4, 0.5) is 0 Å². The molecule has 0 spiro atoms. The maximum atomic E-state index is 6.18. The van der Waals surface area contributed by atoms with E-state index in [9.17, 15) is 0 Å². The molecule has 104 valence electrons. The normalized spacial score (nSPS) is 17.7. The van der Waals surface area contributed by atoms with E-state index in [1.807, 2.05) is 30.5 Å². The Morgan fingerprint density at radius 1 is 0.952 bits per heavy atom. The third kappa shape index (κ3) is 2.09. The fraction of sp³-hybridized carbons (Fsp3) is 0.235. The number of hydrogen-bond acceptors (Lipinski definition) is 3. The maximum absolute atomic E-state index is 6.18. The fourth-order valence-electron chi connectivity index (χ4n) is 3.22. The molecule has 1 aliphatic carbocycles. The molecule has 1 atom stereocenters. The van der Waals surface area contributed by atoms with Gasteiger partial charge in [-0.2, -0.15) is 5.10 Å². The number of halogens is 1. The number of aryl methyl sites for hydroxylation is 1. The van der Waals surface area contributed by atoms with Gasteiger partial charge >= 0.3 is 0 Å². The Kier molecular flexibility index (Phi) is 3.08. The van der Waals surface area contributed by atoms with Crippen molar-refractivity contribution in [3.8, 4) is 0 Å². The molecule has 4 heteroatoms. The second-order valence-corrected chi connectivity index (χ2v) is 5.77. The Hall–Kier alpha value is -2.00. The average Bonchev–Trinajstić information content (AvgIpc) is 2.55. The molecule has 0 amide bonds. The van der Waals surface area contributed by atoms with Crippen molar-refractivity contribution in [2.75, 3.05) is 0 Å². The van der Waals surface area contributed by atoms with Crippen LogP contribution in [0.15, 0.2) is 42.6 Å². The summed E-state index contributed by atoms with van der Waals surface area (Å²) < 4.78 is 0. The van der Waals surface area contributed by atoms with Crippen molar-refractivity contribution < 1.29 is 0 Å². The van der Waals surface area contributed by atoms with Crippen LogP contribution in [0.25, 0.3) is 10.8 Å². The molecule has 0 N–H and O–H groups in total. The number of benzene rings is 1. The molecule has 0 bridgehead atoms. The van der Waals surface area contributed by atoms with Gasteiger partial charge in [-0.05, 0) is 30.9 Å². The second-order valence-electron chi connectivity index (χ2n) is 5.41. The summed E-state index contributed by atoms with van der Waals surface area (Å²) in [5, 5.41) is 11.1. The summed E-state index contributed by atoms with van der Waals surface area (Å²) in [4.78, 5) is 4.61. The monoisotopic (exact) mass is 295 g/mol. The van der Waals surface area contributed by atoms with Crippen molar-refractivity contribution in [1.82, 2.24) is 15.2 Å². The number of aromatic nitrogens is 3. The number of fused-ring (bicyclic) bond motifs is 2. The zero-order valence-corrected chi connectivity index (χ0v) is 12.2. The Morgan fingerprint density at radius 3 is 2.71 bits per heavy atom. The molecule has 3 aromatic rings. The van der Waals surface area contributed by atoms with Gasteiger partial charge in [-0.15, -0.1) is 5.10 Å². The molecule has 1 unspecified atom stereocenters. The van der Waals surface area contributed by atoms with E-state index in [0.717, 1.165) is 41.4 Å². The molecular weight excluding hydrogens is 282 g/mol. The van der Waals surface area contributed by atoms with Gasteiger partial charge in [0.05, 0.1) is 11.4 Å². The van der Waals surface area contributed by atoms with E-state index >= 15 is 0 Å². The van der Waals surface area contributed by atoms with Crippen molar-refractivity contribution in [2.45, 2.75) is 25.2 Å². The quantitative estimate of drug-likeness (QED) is 0.677. The van der Waals surface area contributed by atoms with Crippen LogP contribution in [-0.4, -0.2) is 15.2 Å². The molecule has 1 aromatic carbocycles. The van der Waals surface area contributed by atoms with Crippen LogP contribution < -0.4 is 0 Å². The summed E-state index contributed by atoms with van der Waals surface area (Å²) >= 11 is 6.18. The zero-order valence-electron chi connectivity index (χ0n) is 11.5. The molecule has 1 aliphatic rings. The highest BCUT2D eigenvalue weighted by molar-refractivity contribution is 6.34. The van der Waals surface area contributed by atoms with Crippen molar-refractivity contribution in [1.29, 1.82) is 0 Å². The Bertz CT molecular complexity index is 816. The standard InChI is InChI=1S/C17H14ClN3/c18-17-13-8-2-1-7-12(13)16(20-21-17)14-9-3-5-11-6-4-10-19-15(11)14/h1-2,4,6-8,10,14H,3,5,9H2. The molecule has 21 heavy (non-hydrogen) atoms. The summed E-state index contributed by atoms with van der Waals surface area (Å²) in [5.74, 6) is 0.213. The number of rotatable bonds is 1. The number of nitrogens with zero attached hydrogens (tertiary/aromatic N) is 3. The lowest BCUT2D eigenvalue weighted by Gasteiger charge is -2.24. The highest BCUT2D eigenvalue weighted by Gasteiger charge is 2.26. The topological polar surface area (TPSA) is 38.7 Å². The molecule has 2 heterocycles. The average molecular weight is 296 g/mol. The minimum absolute atomic E-state index is 0.213. The lowest BCUT2D eigenvalue weighted by atomic mass is 9.83. The van der Waals surface area contributed by atoms with E-state index in [0.29, 0.717) is 5.15 Å². The van der Waals surface area contributed by atoms with Gasteiger partial charge in [-0.1, -0.05) is 41.9 Å². The summed E-state index contributed by atoms with van der Waals surface area (Å²) in [5.41, 5.74) is 3.47. The Morgan fingerprint density at radius 2 is 1.81 bits per heavy atom. The van der Waals surface area contributed by atoms with Gasteiger partial charge in [0.1, 0.15) is 0 Å². The van der Waals surface area contributed by atoms with Crippen LogP contribution in [0.5, 0.6) is 0 Å². The predicted molar refractivity (Wildman–Crippen MR) is 83.6 cm³/mol. The van der Waals surface area contributed by atoms with Gasteiger partial charge in [-0.3, -0.25) is 4.98 Å². The van der Waals surface area contributed by atoms with Crippen molar-refractivity contribution in [2.24, 2.45) is 0 Å². The van der Waals surface area contributed by atoms with E-state index < -0.39 is 0 Å². The molecule has 4 rings (SSSR count). The fourth-order valence-corrected chi connectivity index (χ4v) is 3.43. The van der Waals surface area contributed by atoms with Crippen LogP contribution in [0.2, 0.25) is 5.15 Å². The summed E-state index contributed by atoms with van der Waals surface area (Å²) in [6.07, 6.45) is 5.17. The second kappa shape index (κ2) is 5.08. The molecular formula is C17H14ClN3. The predicted octanol–water partition coefficient (Wildman–Crippen LogP) is 4.15. The minimum Gasteiger partial charge on any atom is -0.260 e. The Balaban J connectivity index is 1.94. The highest BCUT2D eigenvalue weighted by Crippen LogP contribution is 2.37. The van der Waals surface area contributed by atoms with Gasteiger partial charge in [0.25, 0.3) is 0 Å². The van der Waals surface area contributed by atoms with Crippen LogP contribution in [0.3, 0.4) is 0 Å². The van der Waals surface area contributed by atoms with Crippen molar-refractivity contribution >= 4 is 22.4 Å². The van der Waals surface area contributed by atoms with Crippen LogP contribution in [0, 0.1) is 0 Å². The highest BCUT2D eigenvalue weighted by atomic mass is 35.5. The smallest absolute Gasteiger partial charge is 0.159 e. The summed E-state index contributed by atoms with van der Waals surface area (Å²) in [6, 6.07) is 12.2. The minimum atomic E-state index is 0.213. The lowest BCUT2D eigenvalue weighted by molar-refractivity contribution is 0.586. The van der Waals surface area contributed by atoms with Crippen LogP contribution in [-0.2, 0) is 6.42 Å². The number of pyridine rings is 1. The van der Waals surface area contributed by atoms with Gasteiger partial charge in [0, 0.05) is 22.9 Å². The summed E-state index contributed by atoms with van der Waals surface area (Å²) in [6.45, 7) is 0. The van der Waals surface area contributed by atoms with Gasteiger partial charge in [0.2, 0.25) is 0 Å². The van der Waals surface area contributed by atoms with E-state index in [1.54, 1.807) is 0 Å². The zero-order chi connectivity index (χ0) is 14.2. The molecule has 0 aliphatic heterocycles. The summed E-state index contributed by atoms with van der Waals surface area (Å²) in [7, 11) is 0. The number of hydrogen-bond donors (Lipinski definition) is 0. The van der Waals surface area contributed by atoms with E-state index in [1.165, 1.54) is 5.56 Å². The third-order valence-electron chi connectivity index (χ3n) is 4.20. The first-order valence-electron chi connectivity index (χ1n) is 7.19. The molecule has 0 fully saturated rings. The molecule has 0 saturated heterocycles. The van der Waals surface area contributed by atoms with Gasteiger partial charge in [0.15, 0.2) is 5.15 Å². The lowest BCUT2D eigenvalue weighted by Crippen LogP contribution is -2.15. The molecule has 0 saturated carbocycles. The van der Waals surface area contributed by atoms with E-state index in [-0.39, 0.29) is 5.92 Å². The molecule has 0 radical (unpaired) electrons. The van der Waals surface area contributed by atoms with E-state index in [2.05, 4.69) is 27.3 Å². The maximum Gasteiger partial charge on any atom is 0.159 e. The van der Waals surface area contributed by atoms with Gasteiger partial charge < -0.3 is 0 Å². The first-order valence-corrected chi connectivity index (χ1v) is 7.57. The largest absolute Gasteiger partial charge is 0.260 e. The van der Waals surface area contributed by atoms with Crippen molar-refractivity contribution in [3.63, 3.8) is 0 Å². The molecule has 3 nitrogen and oxygen atoms in total. The van der Waals surface area contributed by atoms with Crippen LogP contribution >= 0.6 is 11.6 Å². The third-order valence-corrected chi connectivity index (χ3v) is 4.48. The van der Waals surface area contributed by atoms with Gasteiger partial charge in [-0.25, -0.2) is 0 Å². The SMILES string of the molecule is Clc1nnc(C2CCCc3cccnc32)c2ccccc12. The molecule has 2 aromatic heterocycles. The van der Waals surface area contributed by atoms with Crippen molar-refractivity contribution in [3.05, 3.63) is 64.7 Å².